The third-order valence-electron chi connectivity index (χ3n) is 2.46. The van der Waals surface area contributed by atoms with E-state index in [0.717, 1.165) is 0 Å². The summed E-state index contributed by atoms with van der Waals surface area (Å²) in [5.41, 5.74) is 0.128. The molecular weight excluding hydrogens is 180 g/mol. The van der Waals surface area contributed by atoms with Gasteiger partial charge in [-0.25, -0.2) is 0 Å². The molecule has 0 saturated heterocycles. The fourth-order valence-electron chi connectivity index (χ4n) is 1.73. The summed E-state index contributed by atoms with van der Waals surface area (Å²) >= 11 is 0. The summed E-state index contributed by atoms with van der Waals surface area (Å²) in [5, 5.41) is 19.2. The Bertz CT molecular complexity index is 332. The maximum absolute atomic E-state index is 11.6. The molecule has 1 rings (SSSR count). The molecule has 3 heteroatoms. The van der Waals surface area contributed by atoms with Crippen LogP contribution in [0.3, 0.4) is 0 Å². The van der Waals surface area contributed by atoms with Crippen molar-refractivity contribution in [3.8, 4) is 0 Å². The number of rotatable bonds is 1. The Labute approximate surface area is 83.8 Å². The molecule has 1 aliphatic rings. The van der Waals surface area contributed by atoms with E-state index in [1.807, 2.05) is 0 Å². The van der Waals surface area contributed by atoms with Gasteiger partial charge in [-0.3, -0.25) is 4.79 Å². The molecule has 0 aromatic carbocycles. The van der Waals surface area contributed by atoms with Gasteiger partial charge in [0.25, 0.3) is 0 Å². The molecule has 14 heavy (non-hydrogen) atoms. The highest BCUT2D eigenvalue weighted by Gasteiger charge is 2.34. The zero-order chi connectivity index (χ0) is 11.1. The maximum atomic E-state index is 11.6. The fourth-order valence-corrected chi connectivity index (χ4v) is 1.73. The van der Waals surface area contributed by atoms with Crippen molar-refractivity contribution in [3.05, 3.63) is 23.0 Å². The Balaban J connectivity index is 3.31. The second-order valence-corrected chi connectivity index (χ2v) is 4.32. The summed E-state index contributed by atoms with van der Waals surface area (Å²) in [6.45, 7) is 6.79. The predicted octanol–water partition coefficient (Wildman–Crippen LogP) is 1.73. The van der Waals surface area contributed by atoms with E-state index in [0.29, 0.717) is 5.57 Å². The molecule has 1 aliphatic carbocycles. The average Bonchev–Trinajstić information content (AvgIpc) is 2.00. The minimum Gasteiger partial charge on any atom is -0.511 e. The first-order chi connectivity index (χ1) is 6.27. The van der Waals surface area contributed by atoms with Gasteiger partial charge in [0.1, 0.15) is 5.76 Å². The van der Waals surface area contributed by atoms with Crippen LogP contribution in [0.5, 0.6) is 0 Å². The van der Waals surface area contributed by atoms with E-state index in [9.17, 15) is 15.0 Å². The smallest absolute Gasteiger partial charge is 0.190 e. The Morgan fingerprint density at radius 1 is 1.43 bits per heavy atom. The molecule has 0 heterocycles. The molecule has 1 unspecified atom stereocenters. The molecule has 78 valence electrons. The first-order valence-corrected chi connectivity index (χ1v) is 4.63. The van der Waals surface area contributed by atoms with Crippen LogP contribution in [-0.4, -0.2) is 22.1 Å². The Morgan fingerprint density at radius 3 is 2.36 bits per heavy atom. The van der Waals surface area contributed by atoms with Crippen molar-refractivity contribution in [3.63, 3.8) is 0 Å². The molecular formula is C11H16O3. The van der Waals surface area contributed by atoms with Gasteiger partial charge in [0, 0.05) is 5.41 Å². The van der Waals surface area contributed by atoms with Crippen LogP contribution in [0.2, 0.25) is 0 Å². The van der Waals surface area contributed by atoms with Gasteiger partial charge in [-0.2, -0.15) is 0 Å². The van der Waals surface area contributed by atoms with E-state index in [1.54, 1.807) is 26.8 Å². The predicted molar refractivity (Wildman–Crippen MR) is 53.9 cm³/mol. The first-order valence-electron chi connectivity index (χ1n) is 4.63. The van der Waals surface area contributed by atoms with E-state index in [1.165, 1.54) is 6.92 Å². The highest BCUT2D eigenvalue weighted by atomic mass is 16.3. The molecule has 0 spiro atoms. The van der Waals surface area contributed by atoms with Crippen LogP contribution in [0.4, 0.5) is 0 Å². The van der Waals surface area contributed by atoms with E-state index in [2.05, 4.69) is 0 Å². The second-order valence-electron chi connectivity index (χ2n) is 4.32. The van der Waals surface area contributed by atoms with Gasteiger partial charge >= 0.3 is 0 Å². The normalized spacial score (nSPS) is 23.5. The average molecular weight is 196 g/mol. The van der Waals surface area contributed by atoms with E-state index >= 15 is 0 Å². The van der Waals surface area contributed by atoms with E-state index in [-0.39, 0.29) is 17.1 Å². The highest BCUT2D eigenvalue weighted by Crippen LogP contribution is 2.36. The molecule has 0 fully saturated rings. The van der Waals surface area contributed by atoms with Crippen LogP contribution in [0.15, 0.2) is 23.0 Å². The summed E-state index contributed by atoms with van der Waals surface area (Å²) in [7, 11) is 0. The molecule has 0 bridgehead atoms. The minimum atomic E-state index is -0.926. The van der Waals surface area contributed by atoms with Gasteiger partial charge in [0.15, 0.2) is 5.78 Å². The van der Waals surface area contributed by atoms with Gasteiger partial charge < -0.3 is 10.2 Å². The Kier molecular flexibility index (Phi) is 2.54. The number of Topliss-reactive ketones (excluding diaryl/α,β-unsaturated/α-hetero) is 1. The van der Waals surface area contributed by atoms with Crippen LogP contribution in [0.1, 0.15) is 27.7 Å². The zero-order valence-electron chi connectivity index (χ0n) is 8.96. The quantitative estimate of drug-likeness (QED) is 0.671. The third-order valence-corrected chi connectivity index (χ3v) is 2.46. The molecule has 0 amide bonds. The topological polar surface area (TPSA) is 57.5 Å². The van der Waals surface area contributed by atoms with Crippen LogP contribution in [0, 0.1) is 5.41 Å². The Hall–Kier alpha value is -1.09. The number of allylic oxidation sites excluding steroid dienone is 2. The summed E-state index contributed by atoms with van der Waals surface area (Å²) in [4.78, 5) is 11.6. The monoisotopic (exact) mass is 196 g/mol. The second kappa shape index (κ2) is 3.24. The number of carbonyl (C=O) groups is 1. The summed E-state index contributed by atoms with van der Waals surface area (Å²) in [5.74, 6) is -0.292. The maximum Gasteiger partial charge on any atom is 0.190 e. The van der Waals surface area contributed by atoms with Gasteiger partial charge in [-0.1, -0.05) is 6.08 Å². The number of ketones is 1. The minimum absolute atomic E-state index is 0.0249. The molecule has 1 atom stereocenters. The summed E-state index contributed by atoms with van der Waals surface area (Å²) in [6, 6.07) is 0. The highest BCUT2D eigenvalue weighted by molar-refractivity contribution is 6.10. The van der Waals surface area contributed by atoms with Crippen molar-refractivity contribution in [1.29, 1.82) is 0 Å². The standard InChI is InChI=1S/C11H16O3/c1-6-5-11(3,4)10(14)8(7(2)12)9(6)13/h5,7,12,14H,1-4H3. The van der Waals surface area contributed by atoms with Crippen LogP contribution in [0.25, 0.3) is 0 Å². The molecule has 0 radical (unpaired) electrons. The fraction of sp³-hybridized carbons (Fsp3) is 0.545. The van der Waals surface area contributed by atoms with Crippen molar-refractivity contribution in [2.24, 2.45) is 5.41 Å². The van der Waals surface area contributed by atoms with Gasteiger partial charge in [0.05, 0.1) is 11.7 Å². The lowest BCUT2D eigenvalue weighted by atomic mass is 9.78. The SMILES string of the molecule is CC1=CC(C)(C)C(O)=C(C(C)O)C1=O. The Morgan fingerprint density at radius 2 is 1.93 bits per heavy atom. The van der Waals surface area contributed by atoms with Gasteiger partial charge in [-0.05, 0) is 33.3 Å². The van der Waals surface area contributed by atoms with Crippen molar-refractivity contribution < 1.29 is 15.0 Å². The van der Waals surface area contributed by atoms with Crippen molar-refractivity contribution in [2.75, 3.05) is 0 Å². The first kappa shape index (κ1) is 11.0. The molecule has 0 saturated carbocycles. The van der Waals surface area contributed by atoms with E-state index in [4.69, 9.17) is 0 Å². The molecule has 0 aromatic heterocycles. The van der Waals surface area contributed by atoms with Crippen molar-refractivity contribution in [1.82, 2.24) is 0 Å². The summed E-state index contributed by atoms with van der Waals surface area (Å²) < 4.78 is 0. The van der Waals surface area contributed by atoms with Crippen molar-refractivity contribution in [2.45, 2.75) is 33.8 Å². The lowest BCUT2D eigenvalue weighted by Gasteiger charge is -2.28. The molecule has 0 aromatic rings. The summed E-state index contributed by atoms with van der Waals surface area (Å²) in [6.07, 6.45) is 0.793. The number of hydrogen-bond acceptors (Lipinski definition) is 3. The van der Waals surface area contributed by atoms with Gasteiger partial charge in [-0.15, -0.1) is 0 Å². The number of aliphatic hydroxyl groups excluding tert-OH is 2. The lowest BCUT2D eigenvalue weighted by molar-refractivity contribution is -0.113. The van der Waals surface area contributed by atoms with Crippen LogP contribution < -0.4 is 0 Å². The lowest BCUT2D eigenvalue weighted by Crippen LogP contribution is -2.29. The molecule has 2 N–H and O–H groups in total. The van der Waals surface area contributed by atoms with E-state index < -0.39 is 11.5 Å². The number of aliphatic hydroxyl groups is 2. The largest absolute Gasteiger partial charge is 0.511 e. The molecule has 3 nitrogen and oxygen atoms in total. The number of carbonyl (C=O) groups excluding carboxylic acids is 1. The van der Waals surface area contributed by atoms with Gasteiger partial charge in [0.2, 0.25) is 0 Å². The van der Waals surface area contributed by atoms with Crippen molar-refractivity contribution >= 4 is 5.78 Å². The van der Waals surface area contributed by atoms with Crippen LogP contribution >= 0.6 is 0 Å². The zero-order valence-corrected chi connectivity index (χ0v) is 8.96. The third kappa shape index (κ3) is 1.60. The van der Waals surface area contributed by atoms with Crippen LogP contribution in [-0.2, 0) is 4.79 Å². The molecule has 0 aliphatic heterocycles. The number of hydrogen-bond donors (Lipinski definition) is 2.